The molecule has 0 fully saturated rings. The van der Waals surface area contributed by atoms with Crippen LogP contribution in [0.1, 0.15) is 0 Å². The SMILES string of the molecule is c1ccc(-c2nc3ccccc3nc2-n2c3c(-c4cccc5c4oc4ccccc45)cccc3c3c4ccccc4c4ccccc4c32)cc1. The lowest BCUT2D eigenvalue weighted by Gasteiger charge is -2.16. The summed E-state index contributed by atoms with van der Waals surface area (Å²) in [6, 6.07) is 57.5. The van der Waals surface area contributed by atoms with Gasteiger partial charge in [-0.15, -0.1) is 0 Å². The van der Waals surface area contributed by atoms with Crippen LogP contribution in [0.3, 0.4) is 0 Å². The van der Waals surface area contributed by atoms with E-state index in [0.717, 1.165) is 77.6 Å². The zero-order valence-electron chi connectivity index (χ0n) is 26.8. The quantitative estimate of drug-likeness (QED) is 0.181. The second-order valence-corrected chi connectivity index (χ2v) is 12.9. The van der Waals surface area contributed by atoms with Gasteiger partial charge in [0.25, 0.3) is 0 Å². The van der Waals surface area contributed by atoms with Crippen molar-refractivity contribution in [3.05, 3.63) is 164 Å². The van der Waals surface area contributed by atoms with E-state index < -0.39 is 0 Å². The number of rotatable bonds is 3. The summed E-state index contributed by atoms with van der Waals surface area (Å²) in [5.41, 5.74) is 9.60. The second-order valence-electron chi connectivity index (χ2n) is 12.9. The van der Waals surface area contributed by atoms with Crippen molar-refractivity contribution < 1.29 is 4.42 Å². The Bertz CT molecular complexity index is 3150. The predicted molar refractivity (Wildman–Crippen MR) is 207 cm³/mol. The summed E-state index contributed by atoms with van der Waals surface area (Å²) in [7, 11) is 0. The minimum Gasteiger partial charge on any atom is -0.455 e. The Kier molecular flexibility index (Phi) is 5.63. The molecule has 0 aliphatic carbocycles. The molecule has 0 aliphatic heterocycles. The Balaban J connectivity index is 1.41. The van der Waals surface area contributed by atoms with Crippen LogP contribution in [-0.2, 0) is 0 Å². The summed E-state index contributed by atoms with van der Waals surface area (Å²) in [5, 5.41) is 9.37. The predicted octanol–water partition coefficient (Wildman–Crippen LogP) is 12.3. The monoisotopic (exact) mass is 637 g/mol. The lowest BCUT2D eigenvalue weighted by molar-refractivity contribution is 0.670. The van der Waals surface area contributed by atoms with Gasteiger partial charge in [0.2, 0.25) is 0 Å². The first-order valence-corrected chi connectivity index (χ1v) is 16.9. The highest BCUT2D eigenvalue weighted by Gasteiger charge is 2.26. The molecule has 3 heterocycles. The molecule has 0 saturated heterocycles. The van der Waals surface area contributed by atoms with E-state index in [1.807, 2.05) is 36.4 Å². The van der Waals surface area contributed by atoms with Crippen molar-refractivity contribution in [2.75, 3.05) is 0 Å². The Morgan fingerprint density at radius 3 is 1.78 bits per heavy atom. The maximum Gasteiger partial charge on any atom is 0.165 e. The van der Waals surface area contributed by atoms with Gasteiger partial charge in [-0.3, -0.25) is 4.57 Å². The van der Waals surface area contributed by atoms with Crippen LogP contribution in [0, 0.1) is 0 Å². The van der Waals surface area contributed by atoms with Crippen LogP contribution in [0.4, 0.5) is 0 Å². The molecular formula is C46H27N3O. The summed E-state index contributed by atoms with van der Waals surface area (Å²) in [6.07, 6.45) is 0. The zero-order valence-corrected chi connectivity index (χ0v) is 26.8. The van der Waals surface area contributed by atoms with Gasteiger partial charge in [-0.05, 0) is 34.4 Å². The van der Waals surface area contributed by atoms with Crippen molar-refractivity contribution in [3.8, 4) is 28.2 Å². The van der Waals surface area contributed by atoms with Crippen molar-refractivity contribution in [2.45, 2.75) is 0 Å². The second kappa shape index (κ2) is 10.4. The summed E-state index contributed by atoms with van der Waals surface area (Å²) in [4.78, 5) is 10.8. The van der Waals surface area contributed by atoms with E-state index >= 15 is 0 Å². The fourth-order valence-electron chi connectivity index (χ4n) is 8.05. The molecule has 0 saturated carbocycles. The van der Waals surface area contributed by atoms with Crippen LogP contribution in [0.15, 0.2) is 168 Å². The largest absolute Gasteiger partial charge is 0.455 e. The van der Waals surface area contributed by atoms with Gasteiger partial charge in [0.05, 0.1) is 22.1 Å². The molecule has 0 radical (unpaired) electrons. The van der Waals surface area contributed by atoms with Gasteiger partial charge in [-0.2, -0.15) is 0 Å². The van der Waals surface area contributed by atoms with E-state index in [9.17, 15) is 0 Å². The Morgan fingerprint density at radius 2 is 0.980 bits per heavy atom. The number of hydrogen-bond donors (Lipinski definition) is 0. The summed E-state index contributed by atoms with van der Waals surface area (Å²) < 4.78 is 9.05. The van der Waals surface area contributed by atoms with Crippen molar-refractivity contribution in [2.24, 2.45) is 0 Å². The molecule has 8 aromatic carbocycles. The highest BCUT2D eigenvalue weighted by atomic mass is 16.3. The van der Waals surface area contributed by atoms with Gasteiger partial charge in [-0.1, -0.05) is 146 Å². The molecule has 11 rings (SSSR count). The molecule has 0 unspecified atom stereocenters. The third-order valence-corrected chi connectivity index (χ3v) is 10.2. The molecule has 0 amide bonds. The number of nitrogens with zero attached hydrogens (tertiary/aromatic N) is 3. The third-order valence-electron chi connectivity index (χ3n) is 10.2. The summed E-state index contributed by atoms with van der Waals surface area (Å²) >= 11 is 0. The smallest absolute Gasteiger partial charge is 0.165 e. The van der Waals surface area contributed by atoms with E-state index in [2.05, 4.69) is 132 Å². The molecule has 0 aliphatic rings. The first kappa shape index (κ1) is 27.2. The van der Waals surface area contributed by atoms with E-state index in [0.29, 0.717) is 0 Å². The number of benzene rings is 8. The minimum atomic E-state index is 0.791. The van der Waals surface area contributed by atoms with Gasteiger partial charge in [0, 0.05) is 43.6 Å². The summed E-state index contributed by atoms with van der Waals surface area (Å²) in [6.45, 7) is 0. The van der Waals surface area contributed by atoms with Gasteiger partial charge in [0.1, 0.15) is 16.9 Å². The van der Waals surface area contributed by atoms with Gasteiger partial charge in [0.15, 0.2) is 5.82 Å². The zero-order chi connectivity index (χ0) is 32.8. The van der Waals surface area contributed by atoms with Gasteiger partial charge >= 0.3 is 0 Å². The standard InChI is InChI=1S/C46H27N3O/c1-2-14-28(15-3-1)42-46(48-39-26-10-9-25-38(39)47-42)49-43-34(36-23-13-22-35-31-18-8-11-27-40(31)50-45(35)36)21-12-24-37(43)41-32-19-6-4-16-29(32)30-17-5-7-20-33(30)44(41)49/h1-27H. The average Bonchev–Trinajstić information content (AvgIpc) is 3.75. The molecule has 3 aromatic heterocycles. The fraction of sp³-hybridized carbons (Fsp3) is 0. The third kappa shape index (κ3) is 3.76. The van der Waals surface area contributed by atoms with Crippen molar-refractivity contribution in [1.82, 2.24) is 14.5 Å². The number of aromatic nitrogens is 3. The molecule has 232 valence electrons. The molecule has 4 heteroatoms. The van der Waals surface area contributed by atoms with E-state index in [1.165, 1.54) is 26.9 Å². The van der Waals surface area contributed by atoms with E-state index in [4.69, 9.17) is 14.4 Å². The lowest BCUT2D eigenvalue weighted by atomic mass is 9.95. The molecule has 50 heavy (non-hydrogen) atoms. The number of hydrogen-bond acceptors (Lipinski definition) is 3. The maximum absolute atomic E-state index is 6.66. The molecule has 11 aromatic rings. The summed E-state index contributed by atoms with van der Waals surface area (Å²) in [5.74, 6) is 0.791. The number of para-hydroxylation sites is 5. The molecule has 0 bridgehead atoms. The van der Waals surface area contributed by atoms with Crippen LogP contribution in [0.25, 0.3) is 105 Å². The van der Waals surface area contributed by atoms with E-state index in [1.54, 1.807) is 0 Å². The van der Waals surface area contributed by atoms with Crippen molar-refractivity contribution >= 4 is 76.3 Å². The topological polar surface area (TPSA) is 43.9 Å². The lowest BCUT2D eigenvalue weighted by Crippen LogP contribution is -2.04. The van der Waals surface area contributed by atoms with Crippen molar-refractivity contribution in [1.29, 1.82) is 0 Å². The number of furan rings is 1. The highest BCUT2D eigenvalue weighted by Crippen LogP contribution is 2.47. The molecule has 4 nitrogen and oxygen atoms in total. The normalized spacial score (nSPS) is 12.0. The van der Waals surface area contributed by atoms with Crippen LogP contribution >= 0.6 is 0 Å². The van der Waals surface area contributed by atoms with E-state index in [-0.39, 0.29) is 0 Å². The average molecular weight is 638 g/mol. The van der Waals surface area contributed by atoms with Crippen molar-refractivity contribution in [3.63, 3.8) is 0 Å². The molecule has 0 atom stereocenters. The Labute approximate surface area is 286 Å². The van der Waals surface area contributed by atoms with Gasteiger partial charge < -0.3 is 4.42 Å². The van der Waals surface area contributed by atoms with Crippen LogP contribution in [0.5, 0.6) is 0 Å². The molecule has 0 N–H and O–H groups in total. The number of fused-ring (bicyclic) bond motifs is 12. The fourth-order valence-corrected chi connectivity index (χ4v) is 8.05. The van der Waals surface area contributed by atoms with Crippen LogP contribution in [-0.4, -0.2) is 14.5 Å². The van der Waals surface area contributed by atoms with Crippen LogP contribution < -0.4 is 0 Å². The van der Waals surface area contributed by atoms with Gasteiger partial charge in [-0.25, -0.2) is 9.97 Å². The van der Waals surface area contributed by atoms with Crippen LogP contribution in [0.2, 0.25) is 0 Å². The minimum absolute atomic E-state index is 0.791. The first-order valence-electron chi connectivity index (χ1n) is 16.9. The Hall–Kier alpha value is -6.78. The first-order chi connectivity index (χ1) is 24.8. The molecular weight excluding hydrogens is 611 g/mol. The highest BCUT2D eigenvalue weighted by molar-refractivity contribution is 6.33. The maximum atomic E-state index is 6.66. The molecule has 0 spiro atoms. The Morgan fingerprint density at radius 1 is 0.400 bits per heavy atom.